The molecule has 0 aliphatic carbocycles. The van der Waals surface area contributed by atoms with Crippen molar-refractivity contribution in [2.75, 3.05) is 6.54 Å². The zero-order valence-corrected chi connectivity index (χ0v) is 14.9. The van der Waals surface area contributed by atoms with Gasteiger partial charge in [0.05, 0.1) is 17.5 Å². The Labute approximate surface area is 143 Å². The van der Waals surface area contributed by atoms with Gasteiger partial charge < -0.3 is 5.32 Å². The number of rotatable bonds is 6. The fourth-order valence-electron chi connectivity index (χ4n) is 2.24. The Hall–Kier alpha value is -2.18. The van der Waals surface area contributed by atoms with Gasteiger partial charge in [0, 0.05) is 0 Å². The van der Waals surface area contributed by atoms with Gasteiger partial charge in [-0.3, -0.25) is 4.79 Å². The molecule has 2 rings (SSSR count). The highest BCUT2D eigenvalue weighted by Crippen LogP contribution is 2.14. The number of hydrogen-bond acceptors (Lipinski definition) is 3. The molecule has 128 valence electrons. The van der Waals surface area contributed by atoms with Crippen LogP contribution >= 0.6 is 0 Å². The molecule has 0 saturated heterocycles. The lowest BCUT2D eigenvalue weighted by molar-refractivity contribution is -0.120. The van der Waals surface area contributed by atoms with Gasteiger partial charge in [-0.1, -0.05) is 36.4 Å². The number of amides is 1. The summed E-state index contributed by atoms with van der Waals surface area (Å²) in [7, 11) is -3.71. The Kier molecular flexibility index (Phi) is 5.75. The van der Waals surface area contributed by atoms with Crippen LogP contribution in [-0.4, -0.2) is 20.9 Å². The quantitative estimate of drug-likeness (QED) is 0.844. The predicted molar refractivity (Wildman–Crippen MR) is 94.1 cm³/mol. The van der Waals surface area contributed by atoms with Crippen molar-refractivity contribution in [2.24, 2.45) is 0 Å². The molecule has 24 heavy (non-hydrogen) atoms. The molecule has 0 aliphatic heterocycles. The van der Waals surface area contributed by atoms with Crippen LogP contribution in [0.3, 0.4) is 0 Å². The number of nitrogens with one attached hydrogen (secondary N) is 2. The normalized spacial score (nSPS) is 12.6. The van der Waals surface area contributed by atoms with E-state index in [1.807, 2.05) is 51.1 Å². The van der Waals surface area contributed by atoms with Gasteiger partial charge >= 0.3 is 0 Å². The first-order chi connectivity index (χ1) is 11.3. The summed E-state index contributed by atoms with van der Waals surface area (Å²) < 4.78 is 26.9. The molecule has 0 heterocycles. The molecule has 5 nitrogen and oxygen atoms in total. The molecule has 6 heteroatoms. The predicted octanol–water partition coefficient (Wildman–Crippen LogP) is 2.46. The maximum Gasteiger partial charge on any atom is 0.241 e. The Balaban J connectivity index is 1.96. The first-order valence-corrected chi connectivity index (χ1v) is 9.19. The van der Waals surface area contributed by atoms with E-state index in [4.69, 9.17) is 0 Å². The third kappa shape index (κ3) is 4.66. The van der Waals surface area contributed by atoms with Crippen LogP contribution in [0.4, 0.5) is 0 Å². The minimum absolute atomic E-state index is 0.162. The summed E-state index contributed by atoms with van der Waals surface area (Å²) in [6, 6.07) is 14.2. The molecule has 1 amide bonds. The molecule has 0 radical (unpaired) electrons. The highest BCUT2D eigenvalue weighted by atomic mass is 32.2. The molecular weight excluding hydrogens is 324 g/mol. The van der Waals surface area contributed by atoms with Crippen molar-refractivity contribution in [3.05, 3.63) is 65.2 Å². The highest BCUT2D eigenvalue weighted by molar-refractivity contribution is 7.89. The highest BCUT2D eigenvalue weighted by Gasteiger charge is 2.17. The Morgan fingerprint density at radius 3 is 2.33 bits per heavy atom. The van der Waals surface area contributed by atoms with E-state index in [0.29, 0.717) is 0 Å². The number of carbonyl (C=O) groups excluding carboxylic acids is 1. The molecule has 0 fully saturated rings. The number of aryl methyl sites for hydroxylation is 2. The maximum absolute atomic E-state index is 12.3. The number of carbonyl (C=O) groups is 1. The minimum Gasteiger partial charge on any atom is -0.348 e. The molecular formula is C18H22N2O3S. The SMILES string of the molecule is Cc1ccc(S(=O)(=O)NCC(=O)N[C@H](C)c2ccccc2)cc1C. The van der Waals surface area contributed by atoms with Crippen molar-refractivity contribution < 1.29 is 13.2 Å². The molecule has 1 atom stereocenters. The second-order valence-corrected chi connectivity index (χ2v) is 7.54. The van der Waals surface area contributed by atoms with E-state index in [-0.39, 0.29) is 23.4 Å². The second kappa shape index (κ2) is 7.59. The molecule has 2 N–H and O–H groups in total. The summed E-state index contributed by atoms with van der Waals surface area (Å²) >= 11 is 0. The Morgan fingerprint density at radius 1 is 1.04 bits per heavy atom. The van der Waals surface area contributed by atoms with Crippen molar-refractivity contribution in [3.63, 3.8) is 0 Å². The molecule has 0 aliphatic rings. The van der Waals surface area contributed by atoms with E-state index in [1.165, 1.54) is 6.07 Å². The van der Waals surface area contributed by atoms with Gasteiger partial charge in [0.25, 0.3) is 0 Å². The molecule has 0 unspecified atom stereocenters. The zero-order valence-electron chi connectivity index (χ0n) is 14.0. The van der Waals surface area contributed by atoms with Gasteiger partial charge in [-0.2, -0.15) is 0 Å². The lowest BCUT2D eigenvalue weighted by atomic mass is 10.1. The fourth-order valence-corrected chi connectivity index (χ4v) is 3.31. The first kappa shape index (κ1) is 18.2. The number of sulfonamides is 1. The Morgan fingerprint density at radius 2 is 1.71 bits per heavy atom. The van der Waals surface area contributed by atoms with Gasteiger partial charge in [0.2, 0.25) is 15.9 Å². The van der Waals surface area contributed by atoms with Gasteiger partial charge in [0.1, 0.15) is 0 Å². The van der Waals surface area contributed by atoms with E-state index < -0.39 is 10.0 Å². The fraction of sp³-hybridized carbons (Fsp3) is 0.278. The number of hydrogen-bond donors (Lipinski definition) is 2. The van der Waals surface area contributed by atoms with Gasteiger partial charge in [-0.15, -0.1) is 0 Å². The molecule has 0 spiro atoms. The molecule has 0 bridgehead atoms. The molecule has 2 aromatic rings. The summed E-state index contributed by atoms with van der Waals surface area (Å²) in [6.45, 7) is 5.32. The lowest BCUT2D eigenvalue weighted by Gasteiger charge is -2.15. The van der Waals surface area contributed by atoms with Crippen LogP contribution in [-0.2, 0) is 14.8 Å². The summed E-state index contributed by atoms with van der Waals surface area (Å²) in [6.07, 6.45) is 0. The van der Waals surface area contributed by atoms with E-state index in [9.17, 15) is 13.2 Å². The van der Waals surface area contributed by atoms with E-state index in [0.717, 1.165) is 16.7 Å². The van der Waals surface area contributed by atoms with Crippen molar-refractivity contribution in [2.45, 2.75) is 31.7 Å². The maximum atomic E-state index is 12.3. The number of benzene rings is 2. The smallest absolute Gasteiger partial charge is 0.241 e. The third-order valence-electron chi connectivity index (χ3n) is 3.89. The topological polar surface area (TPSA) is 75.3 Å². The monoisotopic (exact) mass is 346 g/mol. The summed E-state index contributed by atoms with van der Waals surface area (Å²) in [5, 5.41) is 2.77. The summed E-state index contributed by atoms with van der Waals surface area (Å²) in [5.41, 5.74) is 2.87. The van der Waals surface area contributed by atoms with Crippen molar-refractivity contribution in [3.8, 4) is 0 Å². The summed E-state index contributed by atoms with van der Waals surface area (Å²) in [5.74, 6) is -0.376. The van der Waals surface area contributed by atoms with E-state index >= 15 is 0 Å². The van der Waals surface area contributed by atoms with Crippen LogP contribution in [0, 0.1) is 13.8 Å². The van der Waals surface area contributed by atoms with Gasteiger partial charge in [-0.25, -0.2) is 13.1 Å². The molecule has 2 aromatic carbocycles. The van der Waals surface area contributed by atoms with E-state index in [1.54, 1.807) is 12.1 Å². The minimum atomic E-state index is -3.71. The first-order valence-electron chi connectivity index (χ1n) is 7.71. The van der Waals surface area contributed by atoms with Crippen molar-refractivity contribution >= 4 is 15.9 Å². The average Bonchev–Trinajstić information content (AvgIpc) is 2.56. The summed E-state index contributed by atoms with van der Waals surface area (Å²) in [4.78, 5) is 12.1. The standard InChI is InChI=1S/C18H22N2O3S/c1-13-9-10-17(11-14(13)2)24(22,23)19-12-18(21)20-15(3)16-7-5-4-6-8-16/h4-11,15,19H,12H2,1-3H3,(H,20,21)/t15-/m1/s1. The molecule has 0 saturated carbocycles. The third-order valence-corrected chi connectivity index (χ3v) is 5.29. The van der Waals surface area contributed by atoms with Crippen LogP contribution in [0.25, 0.3) is 0 Å². The van der Waals surface area contributed by atoms with Crippen LogP contribution in [0.1, 0.15) is 29.7 Å². The Bertz CT molecular complexity index is 817. The van der Waals surface area contributed by atoms with E-state index in [2.05, 4.69) is 10.0 Å². The molecule has 0 aromatic heterocycles. The van der Waals surface area contributed by atoms with Gasteiger partial charge in [-0.05, 0) is 49.6 Å². The zero-order chi connectivity index (χ0) is 17.7. The van der Waals surface area contributed by atoms with Crippen LogP contribution in [0.5, 0.6) is 0 Å². The van der Waals surface area contributed by atoms with Crippen LogP contribution in [0.2, 0.25) is 0 Å². The van der Waals surface area contributed by atoms with Crippen molar-refractivity contribution in [1.82, 2.24) is 10.0 Å². The van der Waals surface area contributed by atoms with Crippen molar-refractivity contribution in [1.29, 1.82) is 0 Å². The van der Waals surface area contributed by atoms with Crippen LogP contribution < -0.4 is 10.0 Å². The largest absolute Gasteiger partial charge is 0.348 e. The van der Waals surface area contributed by atoms with Crippen LogP contribution in [0.15, 0.2) is 53.4 Å². The second-order valence-electron chi connectivity index (χ2n) is 5.77. The lowest BCUT2D eigenvalue weighted by Crippen LogP contribution is -2.38. The average molecular weight is 346 g/mol. The van der Waals surface area contributed by atoms with Gasteiger partial charge in [0.15, 0.2) is 0 Å².